The first-order valence-electron chi connectivity index (χ1n) is 5.78. The highest BCUT2D eigenvalue weighted by Crippen LogP contribution is 2.32. The van der Waals surface area contributed by atoms with Crippen molar-refractivity contribution in [2.75, 3.05) is 5.32 Å². The average molecular weight is 269 g/mol. The van der Waals surface area contributed by atoms with Crippen molar-refractivity contribution < 1.29 is 14.0 Å². The molecule has 0 saturated heterocycles. The molecule has 1 aromatic carbocycles. The first kappa shape index (κ1) is 12.2. The Labute approximate surface area is 113 Å². The lowest BCUT2D eigenvalue weighted by Crippen LogP contribution is -2.06. The van der Waals surface area contributed by atoms with Crippen LogP contribution in [0.1, 0.15) is 16.1 Å². The maximum Gasteiger partial charge on any atom is 0.256 e. The highest BCUT2D eigenvalue weighted by atomic mass is 19.1. The van der Waals surface area contributed by atoms with Gasteiger partial charge in [0, 0.05) is 29.7 Å². The van der Waals surface area contributed by atoms with E-state index in [4.69, 9.17) is 0 Å². The number of carbonyl (C=O) groups excluding carboxylic acids is 2. The van der Waals surface area contributed by atoms with E-state index in [1.807, 2.05) is 0 Å². The third kappa shape index (κ3) is 2.07. The molecule has 20 heavy (non-hydrogen) atoms. The highest BCUT2D eigenvalue weighted by molar-refractivity contribution is 6.34. The number of carbonyl (C=O) groups is 2. The van der Waals surface area contributed by atoms with Crippen molar-refractivity contribution in [2.24, 2.45) is 0 Å². The summed E-state index contributed by atoms with van der Waals surface area (Å²) in [7, 11) is 0. The smallest absolute Gasteiger partial charge is 0.256 e. The van der Waals surface area contributed by atoms with E-state index < -0.39 is 17.5 Å². The number of nitrogens with one attached hydrogen (secondary N) is 1. The molecule has 3 rings (SSSR count). The van der Waals surface area contributed by atoms with Crippen LogP contribution in [0.3, 0.4) is 0 Å². The van der Waals surface area contributed by atoms with Gasteiger partial charge >= 0.3 is 0 Å². The number of halogens is 1. The number of hydrogen-bond donors (Lipinski definition) is 1. The van der Waals surface area contributed by atoms with Crippen LogP contribution in [0.25, 0.3) is 5.57 Å². The SMILES string of the molecule is O=C1Nc2ccc(F)cc2/C1=C\C(=O)c1cnccn1. The molecule has 0 atom stereocenters. The summed E-state index contributed by atoms with van der Waals surface area (Å²) in [6.07, 6.45) is 5.27. The second-order valence-electron chi connectivity index (χ2n) is 4.16. The number of rotatable bonds is 2. The van der Waals surface area contributed by atoms with Crippen molar-refractivity contribution in [3.05, 3.63) is 59.9 Å². The third-order valence-corrected chi connectivity index (χ3v) is 2.86. The van der Waals surface area contributed by atoms with E-state index in [0.717, 1.165) is 6.08 Å². The summed E-state index contributed by atoms with van der Waals surface area (Å²) in [6, 6.07) is 3.91. The fraction of sp³-hybridized carbons (Fsp3) is 0. The van der Waals surface area contributed by atoms with E-state index in [0.29, 0.717) is 11.3 Å². The number of ketones is 1. The molecule has 0 saturated carbocycles. The summed E-state index contributed by atoms with van der Waals surface area (Å²) in [5.74, 6) is -1.37. The number of allylic oxidation sites excluding steroid dienone is 1. The Morgan fingerprint density at radius 1 is 1.30 bits per heavy atom. The lowest BCUT2D eigenvalue weighted by molar-refractivity contribution is -0.110. The third-order valence-electron chi connectivity index (χ3n) is 2.86. The van der Waals surface area contributed by atoms with Gasteiger partial charge in [0.15, 0.2) is 0 Å². The molecule has 5 nitrogen and oxygen atoms in total. The Morgan fingerprint density at radius 2 is 2.15 bits per heavy atom. The molecule has 2 heterocycles. The monoisotopic (exact) mass is 269 g/mol. The Bertz CT molecular complexity index is 741. The Balaban J connectivity index is 2.03. The van der Waals surface area contributed by atoms with Gasteiger partial charge in [-0.25, -0.2) is 9.37 Å². The molecule has 1 aromatic heterocycles. The van der Waals surface area contributed by atoms with Gasteiger partial charge in [0.1, 0.15) is 11.5 Å². The van der Waals surface area contributed by atoms with Gasteiger partial charge in [-0.1, -0.05) is 0 Å². The number of benzene rings is 1. The summed E-state index contributed by atoms with van der Waals surface area (Å²) < 4.78 is 13.2. The van der Waals surface area contributed by atoms with Gasteiger partial charge in [-0.05, 0) is 18.2 Å². The lowest BCUT2D eigenvalue weighted by Gasteiger charge is -1.98. The summed E-state index contributed by atoms with van der Waals surface area (Å²) >= 11 is 0. The maximum absolute atomic E-state index is 13.2. The minimum Gasteiger partial charge on any atom is -0.321 e. The van der Waals surface area contributed by atoms with Crippen molar-refractivity contribution in [1.82, 2.24) is 9.97 Å². The normalized spacial score (nSPS) is 15.1. The van der Waals surface area contributed by atoms with Crippen LogP contribution in [0, 0.1) is 5.82 Å². The van der Waals surface area contributed by atoms with Crippen LogP contribution in [-0.2, 0) is 4.79 Å². The van der Waals surface area contributed by atoms with Crippen molar-refractivity contribution in [3.8, 4) is 0 Å². The van der Waals surface area contributed by atoms with E-state index in [1.54, 1.807) is 0 Å². The predicted molar refractivity (Wildman–Crippen MR) is 69.4 cm³/mol. The van der Waals surface area contributed by atoms with E-state index in [1.165, 1.54) is 36.8 Å². The van der Waals surface area contributed by atoms with E-state index in [2.05, 4.69) is 15.3 Å². The molecule has 1 N–H and O–H groups in total. The molecule has 0 bridgehead atoms. The standard InChI is InChI=1S/C14H8FN3O2/c15-8-1-2-11-9(5-8)10(14(20)18-11)6-13(19)12-7-16-3-4-17-12/h1-7H,(H,18,20)/b10-6+. The summed E-state index contributed by atoms with van der Waals surface area (Å²) in [6.45, 7) is 0. The number of anilines is 1. The largest absolute Gasteiger partial charge is 0.321 e. The topological polar surface area (TPSA) is 72.0 Å². The zero-order valence-corrected chi connectivity index (χ0v) is 10.1. The maximum atomic E-state index is 13.2. The molecule has 0 radical (unpaired) electrons. The van der Waals surface area contributed by atoms with Crippen molar-refractivity contribution in [2.45, 2.75) is 0 Å². The molecule has 1 amide bonds. The first-order valence-corrected chi connectivity index (χ1v) is 5.78. The molecule has 0 aliphatic carbocycles. The number of nitrogens with zero attached hydrogens (tertiary/aromatic N) is 2. The van der Waals surface area contributed by atoms with Crippen LogP contribution < -0.4 is 5.32 Å². The molecule has 1 aliphatic rings. The van der Waals surface area contributed by atoms with Crippen LogP contribution in [0.4, 0.5) is 10.1 Å². The lowest BCUT2D eigenvalue weighted by atomic mass is 10.0. The summed E-state index contributed by atoms with van der Waals surface area (Å²) in [4.78, 5) is 31.4. The highest BCUT2D eigenvalue weighted by Gasteiger charge is 2.25. The van der Waals surface area contributed by atoms with Crippen LogP contribution in [0.15, 0.2) is 42.9 Å². The first-order chi connectivity index (χ1) is 9.65. The van der Waals surface area contributed by atoms with Crippen LogP contribution in [-0.4, -0.2) is 21.7 Å². The van der Waals surface area contributed by atoms with Crippen molar-refractivity contribution in [1.29, 1.82) is 0 Å². The zero-order chi connectivity index (χ0) is 14.1. The van der Waals surface area contributed by atoms with Gasteiger partial charge in [0.05, 0.1) is 11.8 Å². The summed E-state index contributed by atoms with van der Waals surface area (Å²) in [5.41, 5.74) is 1.09. The molecule has 98 valence electrons. The number of amides is 1. The van der Waals surface area contributed by atoms with Crippen LogP contribution in [0.5, 0.6) is 0 Å². The van der Waals surface area contributed by atoms with Gasteiger partial charge in [-0.2, -0.15) is 0 Å². The van der Waals surface area contributed by atoms with Gasteiger partial charge < -0.3 is 5.32 Å². The average Bonchev–Trinajstić information content (AvgIpc) is 2.76. The van der Waals surface area contributed by atoms with Gasteiger partial charge in [-0.3, -0.25) is 14.6 Å². The fourth-order valence-electron chi connectivity index (χ4n) is 1.93. The molecular weight excluding hydrogens is 261 g/mol. The Kier molecular flexibility index (Phi) is 2.83. The Morgan fingerprint density at radius 3 is 2.90 bits per heavy atom. The molecule has 2 aromatic rings. The molecule has 6 heteroatoms. The van der Waals surface area contributed by atoms with Gasteiger partial charge in [0.25, 0.3) is 5.91 Å². The molecule has 0 spiro atoms. The fourth-order valence-corrected chi connectivity index (χ4v) is 1.93. The number of hydrogen-bond acceptors (Lipinski definition) is 4. The predicted octanol–water partition coefficient (Wildman–Crippen LogP) is 1.83. The van der Waals surface area contributed by atoms with E-state index >= 15 is 0 Å². The minimum atomic E-state index is -0.474. The number of aromatic nitrogens is 2. The quantitative estimate of drug-likeness (QED) is 0.667. The zero-order valence-electron chi connectivity index (χ0n) is 10.1. The van der Waals surface area contributed by atoms with Gasteiger partial charge in [0.2, 0.25) is 5.78 Å². The van der Waals surface area contributed by atoms with Crippen molar-refractivity contribution in [3.63, 3.8) is 0 Å². The molecule has 0 unspecified atom stereocenters. The Hall–Kier alpha value is -2.89. The molecule has 0 fully saturated rings. The van der Waals surface area contributed by atoms with E-state index in [-0.39, 0.29) is 11.3 Å². The van der Waals surface area contributed by atoms with Crippen LogP contribution >= 0.6 is 0 Å². The van der Waals surface area contributed by atoms with Crippen LogP contribution in [0.2, 0.25) is 0 Å². The number of fused-ring (bicyclic) bond motifs is 1. The van der Waals surface area contributed by atoms with Gasteiger partial charge in [-0.15, -0.1) is 0 Å². The molecule has 1 aliphatic heterocycles. The summed E-state index contributed by atoms with van der Waals surface area (Å²) in [5, 5.41) is 2.57. The second kappa shape index (κ2) is 4.65. The van der Waals surface area contributed by atoms with Crippen molar-refractivity contribution >= 4 is 23.0 Å². The minimum absolute atomic E-state index is 0.121. The van der Waals surface area contributed by atoms with E-state index in [9.17, 15) is 14.0 Å². The second-order valence-corrected chi connectivity index (χ2v) is 4.16. The molecular formula is C14H8FN3O2.